The molecule has 0 saturated heterocycles. The molecule has 27 heavy (non-hydrogen) atoms. The van der Waals surface area contributed by atoms with E-state index in [0.29, 0.717) is 0 Å². The SMILES string of the molecule is CCCN(CCC)c1nnnc(N(CCC)CCC)c1N(CCC)CCC. The molecule has 0 aliphatic carbocycles. The van der Waals surface area contributed by atoms with Crippen molar-refractivity contribution in [1.82, 2.24) is 15.4 Å². The maximum absolute atomic E-state index is 4.56. The Morgan fingerprint density at radius 1 is 0.481 bits per heavy atom. The fraction of sp³-hybridized carbons (Fsp3) is 0.857. The topological polar surface area (TPSA) is 48.4 Å². The number of aromatic nitrogens is 3. The molecule has 0 bridgehead atoms. The Bertz CT molecular complexity index is 455. The minimum atomic E-state index is 1.01. The van der Waals surface area contributed by atoms with E-state index in [-0.39, 0.29) is 0 Å². The molecular formula is C21H42N6. The summed E-state index contributed by atoms with van der Waals surface area (Å²) in [7, 11) is 0. The highest BCUT2D eigenvalue weighted by molar-refractivity contribution is 5.79. The Hall–Kier alpha value is -1.59. The van der Waals surface area contributed by atoms with Crippen LogP contribution in [0.15, 0.2) is 0 Å². The molecule has 1 aromatic rings. The van der Waals surface area contributed by atoms with Crippen LogP contribution >= 0.6 is 0 Å². The monoisotopic (exact) mass is 378 g/mol. The Kier molecular flexibility index (Phi) is 11.8. The minimum Gasteiger partial charge on any atom is -0.365 e. The highest BCUT2D eigenvalue weighted by Crippen LogP contribution is 2.36. The first kappa shape index (κ1) is 23.4. The predicted molar refractivity (Wildman–Crippen MR) is 118 cm³/mol. The summed E-state index contributed by atoms with van der Waals surface area (Å²) in [5, 5.41) is 13.3. The fourth-order valence-electron chi connectivity index (χ4n) is 3.61. The second kappa shape index (κ2) is 13.6. The van der Waals surface area contributed by atoms with Gasteiger partial charge in [0, 0.05) is 39.3 Å². The molecule has 0 aliphatic heterocycles. The summed E-state index contributed by atoms with van der Waals surface area (Å²) in [5.41, 5.74) is 1.19. The third-order valence-corrected chi connectivity index (χ3v) is 4.58. The molecule has 1 heterocycles. The molecule has 0 fully saturated rings. The zero-order valence-electron chi connectivity index (χ0n) is 18.7. The van der Waals surface area contributed by atoms with Crippen molar-refractivity contribution in [3.63, 3.8) is 0 Å². The van der Waals surface area contributed by atoms with Gasteiger partial charge in [-0.05, 0) is 43.7 Å². The third kappa shape index (κ3) is 6.82. The van der Waals surface area contributed by atoms with Gasteiger partial charge in [-0.1, -0.05) is 41.5 Å². The number of hydrogen-bond acceptors (Lipinski definition) is 6. The maximum atomic E-state index is 4.56. The molecule has 0 atom stereocenters. The van der Waals surface area contributed by atoms with Gasteiger partial charge in [-0.3, -0.25) is 0 Å². The molecule has 0 aliphatic rings. The molecule has 0 radical (unpaired) electrons. The zero-order chi connectivity index (χ0) is 20.1. The fourth-order valence-corrected chi connectivity index (χ4v) is 3.61. The molecule has 6 nitrogen and oxygen atoms in total. The van der Waals surface area contributed by atoms with E-state index in [1.165, 1.54) is 5.69 Å². The standard InChI is InChI=1S/C21H42N6/c1-7-13-25(14-8-2)19-20(26(15-9-3)16-10-4)22-24-23-21(19)27(17-11-5)18-12-6/h7-18H2,1-6H3. The van der Waals surface area contributed by atoms with Crippen LogP contribution in [0.4, 0.5) is 17.3 Å². The van der Waals surface area contributed by atoms with Crippen LogP contribution in [-0.4, -0.2) is 54.7 Å². The number of nitrogens with zero attached hydrogens (tertiary/aromatic N) is 6. The van der Waals surface area contributed by atoms with Crippen molar-refractivity contribution < 1.29 is 0 Å². The minimum absolute atomic E-state index is 1.01. The summed E-state index contributed by atoms with van der Waals surface area (Å²) in [6.07, 6.45) is 6.65. The van der Waals surface area contributed by atoms with Gasteiger partial charge in [0.2, 0.25) is 0 Å². The van der Waals surface area contributed by atoms with Gasteiger partial charge in [-0.25, -0.2) is 0 Å². The molecule has 0 amide bonds. The van der Waals surface area contributed by atoms with Gasteiger partial charge in [0.15, 0.2) is 11.6 Å². The first-order valence-electron chi connectivity index (χ1n) is 11.2. The van der Waals surface area contributed by atoms with Crippen LogP contribution in [0.5, 0.6) is 0 Å². The maximum Gasteiger partial charge on any atom is 0.180 e. The van der Waals surface area contributed by atoms with Crippen molar-refractivity contribution in [1.29, 1.82) is 0 Å². The summed E-state index contributed by atoms with van der Waals surface area (Å²) in [5.74, 6) is 2.03. The van der Waals surface area contributed by atoms with E-state index in [0.717, 1.165) is 89.4 Å². The molecule has 0 unspecified atom stereocenters. The summed E-state index contributed by atoms with van der Waals surface area (Å²) in [6.45, 7) is 19.5. The Labute approximate surface area is 167 Å². The predicted octanol–water partition coefficient (Wildman–Crippen LogP) is 4.75. The first-order valence-corrected chi connectivity index (χ1v) is 11.2. The van der Waals surface area contributed by atoms with Crippen LogP contribution in [0, 0.1) is 0 Å². The summed E-state index contributed by atoms with van der Waals surface area (Å²) < 4.78 is 0. The van der Waals surface area contributed by atoms with Gasteiger partial charge in [-0.15, -0.1) is 10.2 Å². The largest absolute Gasteiger partial charge is 0.365 e. The van der Waals surface area contributed by atoms with E-state index in [2.05, 4.69) is 71.7 Å². The van der Waals surface area contributed by atoms with Crippen LogP contribution in [0.2, 0.25) is 0 Å². The van der Waals surface area contributed by atoms with Crippen LogP contribution in [0.1, 0.15) is 80.1 Å². The Balaban J connectivity index is 3.53. The summed E-state index contributed by atoms with van der Waals surface area (Å²) in [4.78, 5) is 7.30. The first-order chi connectivity index (χ1) is 13.2. The quantitative estimate of drug-likeness (QED) is 0.439. The lowest BCUT2D eigenvalue weighted by Gasteiger charge is -2.34. The molecule has 156 valence electrons. The van der Waals surface area contributed by atoms with Crippen molar-refractivity contribution in [3.8, 4) is 0 Å². The van der Waals surface area contributed by atoms with E-state index in [1.54, 1.807) is 0 Å². The molecule has 0 aromatic carbocycles. The number of hydrogen-bond donors (Lipinski definition) is 0. The van der Waals surface area contributed by atoms with Gasteiger partial charge >= 0.3 is 0 Å². The molecule has 1 aromatic heterocycles. The highest BCUT2D eigenvalue weighted by Gasteiger charge is 2.25. The van der Waals surface area contributed by atoms with Gasteiger partial charge in [0.25, 0.3) is 0 Å². The second-order valence-electron chi connectivity index (χ2n) is 7.25. The molecule has 1 rings (SSSR count). The lowest BCUT2D eigenvalue weighted by Crippen LogP contribution is -2.35. The van der Waals surface area contributed by atoms with Gasteiger partial charge < -0.3 is 14.7 Å². The van der Waals surface area contributed by atoms with Crippen LogP contribution in [-0.2, 0) is 0 Å². The molecule has 0 saturated carbocycles. The van der Waals surface area contributed by atoms with Gasteiger partial charge in [0.1, 0.15) is 5.69 Å². The van der Waals surface area contributed by atoms with E-state index in [9.17, 15) is 0 Å². The third-order valence-electron chi connectivity index (χ3n) is 4.58. The molecule has 6 heteroatoms. The lowest BCUT2D eigenvalue weighted by atomic mass is 10.2. The zero-order valence-corrected chi connectivity index (χ0v) is 18.7. The van der Waals surface area contributed by atoms with E-state index >= 15 is 0 Å². The second-order valence-corrected chi connectivity index (χ2v) is 7.25. The van der Waals surface area contributed by atoms with E-state index < -0.39 is 0 Å². The lowest BCUT2D eigenvalue weighted by molar-refractivity contribution is 0.673. The van der Waals surface area contributed by atoms with Crippen molar-refractivity contribution >= 4 is 17.3 Å². The average molecular weight is 379 g/mol. The normalized spacial score (nSPS) is 10.9. The molecule has 0 spiro atoms. The number of anilines is 3. The van der Waals surface area contributed by atoms with Crippen LogP contribution < -0.4 is 14.7 Å². The summed E-state index contributed by atoms with van der Waals surface area (Å²) >= 11 is 0. The smallest absolute Gasteiger partial charge is 0.180 e. The molecular weight excluding hydrogens is 336 g/mol. The van der Waals surface area contributed by atoms with Gasteiger partial charge in [0.05, 0.1) is 0 Å². The van der Waals surface area contributed by atoms with Crippen LogP contribution in [0.25, 0.3) is 0 Å². The van der Waals surface area contributed by atoms with Crippen molar-refractivity contribution in [3.05, 3.63) is 0 Å². The number of rotatable bonds is 15. The summed E-state index contributed by atoms with van der Waals surface area (Å²) in [6, 6.07) is 0. The molecule has 0 N–H and O–H groups in total. The van der Waals surface area contributed by atoms with Gasteiger partial charge in [-0.2, -0.15) is 0 Å². The van der Waals surface area contributed by atoms with Crippen molar-refractivity contribution in [2.75, 3.05) is 54.0 Å². The van der Waals surface area contributed by atoms with Crippen molar-refractivity contribution in [2.45, 2.75) is 80.1 Å². The van der Waals surface area contributed by atoms with Crippen molar-refractivity contribution in [2.24, 2.45) is 0 Å². The Morgan fingerprint density at radius 2 is 0.778 bits per heavy atom. The highest BCUT2D eigenvalue weighted by atomic mass is 15.4. The average Bonchev–Trinajstić information content (AvgIpc) is 2.67. The van der Waals surface area contributed by atoms with Crippen LogP contribution in [0.3, 0.4) is 0 Å². The Morgan fingerprint density at radius 3 is 1.07 bits per heavy atom. The van der Waals surface area contributed by atoms with E-state index in [1.807, 2.05) is 0 Å². The van der Waals surface area contributed by atoms with E-state index in [4.69, 9.17) is 0 Å².